The number of benzene rings is 2. The number of nitrogens with one attached hydrogen (secondary N) is 1. The van der Waals surface area contributed by atoms with E-state index >= 15 is 0 Å². The van der Waals surface area contributed by atoms with Crippen LogP contribution >= 0.6 is 0 Å². The molecule has 1 aromatic heterocycles. The SMILES string of the molecule is CCOC(=O)CNC(=O)c1c(O)nc(-c2ccccc2)n(Cc2ccc(C(C)(C)C)cc2)c1=O. The van der Waals surface area contributed by atoms with Crippen molar-refractivity contribution in [3.63, 3.8) is 0 Å². The van der Waals surface area contributed by atoms with Crippen LogP contribution in [-0.2, 0) is 21.5 Å². The first-order valence-corrected chi connectivity index (χ1v) is 11.0. The summed E-state index contributed by atoms with van der Waals surface area (Å²) >= 11 is 0. The normalized spacial score (nSPS) is 11.2. The fourth-order valence-corrected chi connectivity index (χ4v) is 3.44. The monoisotopic (exact) mass is 463 g/mol. The number of hydrogen-bond donors (Lipinski definition) is 2. The summed E-state index contributed by atoms with van der Waals surface area (Å²) in [6.45, 7) is 7.86. The van der Waals surface area contributed by atoms with Gasteiger partial charge in [-0.25, -0.2) is 0 Å². The van der Waals surface area contributed by atoms with Crippen LogP contribution in [0.1, 0.15) is 49.2 Å². The molecule has 8 nitrogen and oxygen atoms in total. The van der Waals surface area contributed by atoms with Crippen molar-refractivity contribution in [2.45, 2.75) is 39.7 Å². The van der Waals surface area contributed by atoms with Gasteiger partial charge in [-0.15, -0.1) is 0 Å². The maximum absolute atomic E-state index is 13.4. The Hall–Kier alpha value is -3.94. The highest BCUT2D eigenvalue weighted by Crippen LogP contribution is 2.24. The van der Waals surface area contributed by atoms with E-state index in [1.165, 1.54) is 4.57 Å². The molecule has 0 unspecified atom stereocenters. The molecule has 0 bridgehead atoms. The average molecular weight is 464 g/mol. The van der Waals surface area contributed by atoms with E-state index in [2.05, 4.69) is 31.1 Å². The summed E-state index contributed by atoms with van der Waals surface area (Å²) in [5, 5.41) is 12.8. The van der Waals surface area contributed by atoms with E-state index in [-0.39, 0.29) is 24.4 Å². The number of carbonyl (C=O) groups is 2. The van der Waals surface area contributed by atoms with E-state index < -0.39 is 35.4 Å². The topological polar surface area (TPSA) is 111 Å². The highest BCUT2D eigenvalue weighted by Gasteiger charge is 2.24. The van der Waals surface area contributed by atoms with Gasteiger partial charge in [-0.3, -0.25) is 19.0 Å². The van der Waals surface area contributed by atoms with Crippen molar-refractivity contribution >= 4 is 11.9 Å². The minimum atomic E-state index is -0.903. The van der Waals surface area contributed by atoms with Crippen LogP contribution < -0.4 is 10.9 Å². The molecule has 178 valence electrons. The van der Waals surface area contributed by atoms with Crippen LogP contribution in [0.25, 0.3) is 11.4 Å². The summed E-state index contributed by atoms with van der Waals surface area (Å²) in [5.41, 5.74) is 1.32. The predicted molar refractivity (Wildman–Crippen MR) is 129 cm³/mol. The molecule has 0 fully saturated rings. The second-order valence-electron chi connectivity index (χ2n) is 8.83. The summed E-state index contributed by atoms with van der Waals surface area (Å²) < 4.78 is 6.13. The number of ether oxygens (including phenoxy) is 1. The summed E-state index contributed by atoms with van der Waals surface area (Å²) in [7, 11) is 0. The van der Waals surface area contributed by atoms with Crippen LogP contribution in [0.5, 0.6) is 5.88 Å². The Bertz CT molecular complexity index is 1230. The molecule has 2 N–H and O–H groups in total. The van der Waals surface area contributed by atoms with Crippen molar-refractivity contribution in [1.82, 2.24) is 14.9 Å². The van der Waals surface area contributed by atoms with Gasteiger partial charge in [0, 0.05) is 5.56 Å². The highest BCUT2D eigenvalue weighted by molar-refractivity contribution is 5.97. The first-order valence-electron chi connectivity index (χ1n) is 11.0. The van der Waals surface area contributed by atoms with Gasteiger partial charge in [-0.05, 0) is 23.5 Å². The smallest absolute Gasteiger partial charge is 0.325 e. The third-order valence-corrected chi connectivity index (χ3v) is 5.27. The predicted octanol–water partition coefficient (Wildman–Crippen LogP) is 3.25. The number of hydrogen-bond acceptors (Lipinski definition) is 6. The molecule has 2 aromatic carbocycles. The van der Waals surface area contributed by atoms with Crippen molar-refractivity contribution in [2.24, 2.45) is 0 Å². The number of aromatic hydroxyl groups is 1. The largest absolute Gasteiger partial charge is 0.493 e. The van der Waals surface area contributed by atoms with E-state index in [4.69, 9.17) is 4.74 Å². The molecule has 0 spiro atoms. The van der Waals surface area contributed by atoms with Gasteiger partial charge in [-0.1, -0.05) is 75.4 Å². The van der Waals surface area contributed by atoms with Gasteiger partial charge in [0.1, 0.15) is 12.4 Å². The average Bonchev–Trinajstić information content (AvgIpc) is 2.80. The minimum absolute atomic E-state index is 0.0190. The van der Waals surface area contributed by atoms with Crippen molar-refractivity contribution in [3.8, 4) is 17.3 Å². The first-order chi connectivity index (χ1) is 16.1. The quantitative estimate of drug-likeness (QED) is 0.521. The Balaban J connectivity index is 2.04. The van der Waals surface area contributed by atoms with Gasteiger partial charge in [0.25, 0.3) is 11.5 Å². The molecule has 1 amide bonds. The molecular formula is C26H29N3O5. The van der Waals surface area contributed by atoms with Crippen LogP contribution in [0.4, 0.5) is 0 Å². The number of aromatic nitrogens is 2. The molecule has 8 heteroatoms. The van der Waals surface area contributed by atoms with Crippen molar-refractivity contribution in [1.29, 1.82) is 0 Å². The maximum Gasteiger partial charge on any atom is 0.325 e. The number of amides is 1. The lowest BCUT2D eigenvalue weighted by Gasteiger charge is -2.20. The standard InChI is InChI=1S/C26H29N3O5/c1-5-34-20(30)15-27-23(31)21-24(32)28-22(18-9-7-6-8-10-18)29(25(21)33)16-17-11-13-19(14-12-17)26(2,3)4/h6-14,32H,5,15-16H2,1-4H3,(H,27,31). The Kier molecular flexibility index (Phi) is 7.50. The van der Waals surface area contributed by atoms with Gasteiger partial charge in [0.15, 0.2) is 5.56 Å². The van der Waals surface area contributed by atoms with E-state index in [1.807, 2.05) is 30.3 Å². The summed E-state index contributed by atoms with van der Waals surface area (Å²) in [6, 6.07) is 16.8. The molecule has 0 radical (unpaired) electrons. The van der Waals surface area contributed by atoms with Gasteiger partial charge >= 0.3 is 5.97 Å². The molecular weight excluding hydrogens is 434 g/mol. The van der Waals surface area contributed by atoms with E-state index in [0.29, 0.717) is 5.56 Å². The number of esters is 1. The van der Waals surface area contributed by atoms with Crippen molar-refractivity contribution in [3.05, 3.63) is 81.6 Å². The molecule has 0 aliphatic rings. The fourth-order valence-electron chi connectivity index (χ4n) is 3.44. The lowest BCUT2D eigenvalue weighted by Crippen LogP contribution is -2.37. The molecule has 34 heavy (non-hydrogen) atoms. The summed E-state index contributed by atoms with van der Waals surface area (Å²) in [5.74, 6) is -2.03. The molecule has 0 saturated heterocycles. The molecule has 0 saturated carbocycles. The lowest BCUT2D eigenvalue weighted by atomic mass is 9.87. The fraction of sp³-hybridized carbons (Fsp3) is 0.308. The third-order valence-electron chi connectivity index (χ3n) is 5.27. The van der Waals surface area contributed by atoms with E-state index in [0.717, 1.165) is 11.1 Å². The number of nitrogens with zero attached hydrogens (tertiary/aromatic N) is 2. The molecule has 0 aliphatic carbocycles. The van der Waals surface area contributed by atoms with Crippen LogP contribution in [0.3, 0.4) is 0 Å². The third kappa shape index (κ3) is 5.70. The zero-order chi connectivity index (χ0) is 24.9. The van der Waals surface area contributed by atoms with Crippen LogP contribution in [-0.4, -0.2) is 39.7 Å². The highest BCUT2D eigenvalue weighted by atomic mass is 16.5. The maximum atomic E-state index is 13.4. The summed E-state index contributed by atoms with van der Waals surface area (Å²) in [6.07, 6.45) is 0. The lowest BCUT2D eigenvalue weighted by molar-refractivity contribution is -0.141. The second-order valence-corrected chi connectivity index (χ2v) is 8.83. The van der Waals surface area contributed by atoms with Crippen LogP contribution in [0.2, 0.25) is 0 Å². The molecule has 0 aliphatic heterocycles. The first kappa shape index (κ1) is 24.7. The summed E-state index contributed by atoms with van der Waals surface area (Å²) in [4.78, 5) is 41.9. The number of rotatable bonds is 7. The molecule has 0 atom stereocenters. The molecule has 3 rings (SSSR count). The Labute approximate surface area is 198 Å². The Morgan fingerprint density at radius 1 is 1.06 bits per heavy atom. The Morgan fingerprint density at radius 2 is 1.71 bits per heavy atom. The Morgan fingerprint density at radius 3 is 2.29 bits per heavy atom. The van der Waals surface area contributed by atoms with Crippen LogP contribution in [0.15, 0.2) is 59.4 Å². The van der Waals surface area contributed by atoms with E-state index in [9.17, 15) is 19.5 Å². The zero-order valence-electron chi connectivity index (χ0n) is 19.8. The van der Waals surface area contributed by atoms with Gasteiger partial charge in [-0.2, -0.15) is 4.98 Å². The van der Waals surface area contributed by atoms with Gasteiger partial charge < -0.3 is 15.2 Å². The second kappa shape index (κ2) is 10.3. The zero-order valence-corrected chi connectivity index (χ0v) is 19.8. The van der Waals surface area contributed by atoms with Gasteiger partial charge in [0.2, 0.25) is 5.88 Å². The minimum Gasteiger partial charge on any atom is -0.493 e. The van der Waals surface area contributed by atoms with Crippen molar-refractivity contribution < 1.29 is 19.4 Å². The van der Waals surface area contributed by atoms with Crippen LogP contribution in [0, 0.1) is 0 Å². The van der Waals surface area contributed by atoms with Gasteiger partial charge in [0.05, 0.1) is 13.2 Å². The molecule has 1 heterocycles. The number of carbonyl (C=O) groups excluding carboxylic acids is 2. The van der Waals surface area contributed by atoms with E-state index in [1.54, 1.807) is 31.2 Å². The molecule has 3 aromatic rings. The van der Waals surface area contributed by atoms with Crippen molar-refractivity contribution in [2.75, 3.05) is 13.2 Å².